The molecule has 0 heterocycles. The lowest BCUT2D eigenvalue weighted by Gasteiger charge is -2.25. The van der Waals surface area contributed by atoms with E-state index in [0.717, 1.165) is 16.3 Å². The fraction of sp³-hybridized carbons (Fsp3) is 0.381. The molecule has 0 fully saturated rings. The summed E-state index contributed by atoms with van der Waals surface area (Å²) in [5.41, 5.74) is 2.84. The van der Waals surface area contributed by atoms with Crippen LogP contribution in [0.25, 0.3) is 0 Å². The molecule has 0 unspecified atom stereocenters. The number of nitrogens with zero attached hydrogens (tertiary/aromatic N) is 2. The van der Waals surface area contributed by atoms with E-state index in [4.69, 9.17) is 0 Å². The van der Waals surface area contributed by atoms with Crippen LogP contribution in [-0.4, -0.2) is 58.3 Å². The molecular formula is C21H29N3O3S. The predicted octanol–water partition coefficient (Wildman–Crippen LogP) is 2.53. The fourth-order valence-electron chi connectivity index (χ4n) is 2.85. The molecule has 2 aromatic rings. The van der Waals surface area contributed by atoms with Crippen LogP contribution < -0.4 is 5.32 Å². The van der Waals surface area contributed by atoms with Gasteiger partial charge >= 0.3 is 0 Å². The van der Waals surface area contributed by atoms with Crippen molar-refractivity contribution >= 4 is 15.9 Å². The number of sulfonamides is 1. The van der Waals surface area contributed by atoms with Gasteiger partial charge in [-0.05, 0) is 55.9 Å². The quantitative estimate of drug-likeness (QED) is 0.735. The SMILES string of the molecule is CCc1ccc([C@H](CNC(=O)c2ccc(S(=O)(=O)N(C)C)cc2)N(C)C)cc1. The van der Waals surface area contributed by atoms with Crippen molar-refractivity contribution in [3.63, 3.8) is 0 Å². The van der Waals surface area contributed by atoms with E-state index in [9.17, 15) is 13.2 Å². The predicted molar refractivity (Wildman–Crippen MR) is 112 cm³/mol. The van der Waals surface area contributed by atoms with Gasteiger partial charge in [0.2, 0.25) is 10.0 Å². The second kappa shape index (κ2) is 9.32. The van der Waals surface area contributed by atoms with Crippen molar-refractivity contribution < 1.29 is 13.2 Å². The number of rotatable bonds is 8. The molecule has 0 aromatic heterocycles. The number of amides is 1. The number of hydrogen-bond donors (Lipinski definition) is 1. The van der Waals surface area contributed by atoms with E-state index in [1.54, 1.807) is 0 Å². The van der Waals surface area contributed by atoms with Gasteiger partial charge in [0.05, 0.1) is 10.9 Å². The number of hydrogen-bond acceptors (Lipinski definition) is 4. The second-order valence-corrected chi connectivity index (χ2v) is 9.25. The maximum atomic E-state index is 12.5. The lowest BCUT2D eigenvalue weighted by molar-refractivity contribution is 0.0942. The van der Waals surface area contributed by atoms with Crippen molar-refractivity contribution in [1.82, 2.24) is 14.5 Å². The number of nitrogens with one attached hydrogen (secondary N) is 1. The number of aryl methyl sites for hydroxylation is 1. The van der Waals surface area contributed by atoms with E-state index in [1.165, 1.54) is 43.9 Å². The summed E-state index contributed by atoms with van der Waals surface area (Å²) < 4.78 is 25.4. The first-order chi connectivity index (χ1) is 13.2. The summed E-state index contributed by atoms with van der Waals surface area (Å²) in [6.45, 7) is 2.57. The minimum atomic E-state index is -3.50. The molecule has 2 aromatic carbocycles. The molecule has 1 amide bonds. The van der Waals surface area contributed by atoms with Gasteiger partial charge in [0.1, 0.15) is 0 Å². The zero-order valence-electron chi connectivity index (χ0n) is 17.1. The normalized spacial score (nSPS) is 13.0. The highest BCUT2D eigenvalue weighted by molar-refractivity contribution is 7.89. The van der Waals surface area contributed by atoms with Crippen LogP contribution in [0, 0.1) is 0 Å². The van der Waals surface area contributed by atoms with Gasteiger partial charge in [-0.2, -0.15) is 0 Å². The van der Waals surface area contributed by atoms with E-state index >= 15 is 0 Å². The molecule has 0 saturated carbocycles. The van der Waals surface area contributed by atoms with Gasteiger partial charge < -0.3 is 10.2 Å². The molecule has 2 rings (SSSR count). The maximum absolute atomic E-state index is 12.5. The fourth-order valence-corrected chi connectivity index (χ4v) is 3.76. The molecule has 0 aliphatic heterocycles. The zero-order chi connectivity index (χ0) is 20.9. The van der Waals surface area contributed by atoms with E-state index in [0.29, 0.717) is 12.1 Å². The third-order valence-electron chi connectivity index (χ3n) is 4.75. The van der Waals surface area contributed by atoms with Gasteiger partial charge in [-0.25, -0.2) is 12.7 Å². The summed E-state index contributed by atoms with van der Waals surface area (Å²) in [7, 11) is 3.41. The van der Waals surface area contributed by atoms with Crippen molar-refractivity contribution in [1.29, 1.82) is 0 Å². The third kappa shape index (κ3) is 5.19. The number of carbonyl (C=O) groups is 1. The van der Waals surface area contributed by atoms with E-state index < -0.39 is 10.0 Å². The van der Waals surface area contributed by atoms with Gasteiger partial charge in [0.15, 0.2) is 0 Å². The summed E-state index contributed by atoms with van der Waals surface area (Å²) >= 11 is 0. The topological polar surface area (TPSA) is 69.7 Å². The Labute approximate surface area is 168 Å². The zero-order valence-corrected chi connectivity index (χ0v) is 18.0. The number of likely N-dealkylation sites (N-methyl/N-ethyl adjacent to an activating group) is 1. The van der Waals surface area contributed by atoms with E-state index in [1.807, 2.05) is 14.1 Å². The molecule has 0 saturated heterocycles. The standard InChI is InChI=1S/C21H29N3O3S/c1-6-16-7-9-17(10-8-16)20(23(2)3)15-22-21(25)18-11-13-19(14-12-18)28(26,27)24(4)5/h7-14,20H,6,15H2,1-5H3,(H,22,25)/t20-/m0/s1. The number of carbonyl (C=O) groups excluding carboxylic acids is 1. The third-order valence-corrected chi connectivity index (χ3v) is 6.58. The van der Waals surface area contributed by atoms with Crippen LogP contribution in [0.2, 0.25) is 0 Å². The lowest BCUT2D eigenvalue weighted by Crippen LogP contribution is -2.34. The van der Waals surface area contributed by atoms with Crippen molar-refractivity contribution in [3.8, 4) is 0 Å². The van der Waals surface area contributed by atoms with E-state index in [2.05, 4.69) is 41.4 Å². The molecule has 152 valence electrons. The summed E-state index contributed by atoms with van der Waals surface area (Å²) in [6.07, 6.45) is 0.989. The summed E-state index contributed by atoms with van der Waals surface area (Å²) in [5, 5.41) is 2.95. The molecule has 1 atom stereocenters. The van der Waals surface area contributed by atoms with Crippen molar-refractivity contribution in [2.24, 2.45) is 0 Å². The second-order valence-electron chi connectivity index (χ2n) is 7.10. The molecule has 1 N–H and O–H groups in total. The van der Waals surface area contributed by atoms with Gasteiger partial charge in [-0.1, -0.05) is 31.2 Å². The van der Waals surface area contributed by atoms with Crippen molar-refractivity contribution in [3.05, 3.63) is 65.2 Å². The summed E-state index contributed by atoms with van der Waals surface area (Å²) in [5.74, 6) is -0.231. The van der Waals surface area contributed by atoms with Crippen LogP contribution in [-0.2, 0) is 16.4 Å². The Morgan fingerprint density at radius 1 is 0.964 bits per heavy atom. The van der Waals surface area contributed by atoms with Crippen LogP contribution in [0.15, 0.2) is 53.4 Å². The monoisotopic (exact) mass is 403 g/mol. The molecule has 0 spiro atoms. The Morgan fingerprint density at radius 3 is 2.00 bits per heavy atom. The maximum Gasteiger partial charge on any atom is 0.251 e. The molecule has 0 aliphatic rings. The molecular weight excluding hydrogens is 374 g/mol. The highest BCUT2D eigenvalue weighted by atomic mass is 32.2. The minimum absolute atomic E-state index is 0.0447. The molecule has 0 radical (unpaired) electrons. The molecule has 6 nitrogen and oxygen atoms in total. The highest BCUT2D eigenvalue weighted by Crippen LogP contribution is 2.19. The Kier molecular flexibility index (Phi) is 7.35. The summed E-state index contributed by atoms with van der Waals surface area (Å²) in [4.78, 5) is 14.7. The number of benzene rings is 2. The largest absolute Gasteiger partial charge is 0.350 e. The van der Waals surface area contributed by atoms with Gasteiger partial charge in [-0.15, -0.1) is 0 Å². The average Bonchev–Trinajstić information content (AvgIpc) is 2.68. The Bertz CT molecular complexity index is 889. The minimum Gasteiger partial charge on any atom is -0.350 e. The van der Waals surface area contributed by atoms with Crippen molar-refractivity contribution in [2.75, 3.05) is 34.7 Å². The van der Waals surface area contributed by atoms with Crippen LogP contribution in [0.4, 0.5) is 0 Å². The smallest absolute Gasteiger partial charge is 0.251 e. The average molecular weight is 404 g/mol. The Hall–Kier alpha value is -2.22. The Balaban J connectivity index is 2.08. The summed E-state index contributed by atoms with van der Waals surface area (Å²) in [6, 6.07) is 14.4. The molecule has 7 heteroatoms. The first-order valence-electron chi connectivity index (χ1n) is 9.23. The highest BCUT2D eigenvalue weighted by Gasteiger charge is 2.19. The van der Waals surface area contributed by atoms with Crippen LogP contribution in [0.5, 0.6) is 0 Å². The van der Waals surface area contributed by atoms with Crippen LogP contribution >= 0.6 is 0 Å². The first-order valence-corrected chi connectivity index (χ1v) is 10.7. The van der Waals surface area contributed by atoms with Crippen LogP contribution in [0.3, 0.4) is 0 Å². The van der Waals surface area contributed by atoms with Crippen molar-refractivity contribution in [2.45, 2.75) is 24.3 Å². The molecule has 0 bridgehead atoms. The van der Waals surface area contributed by atoms with E-state index in [-0.39, 0.29) is 16.8 Å². The van der Waals surface area contributed by atoms with Gasteiger partial charge in [0.25, 0.3) is 5.91 Å². The van der Waals surface area contributed by atoms with Crippen LogP contribution in [0.1, 0.15) is 34.5 Å². The van der Waals surface area contributed by atoms with Gasteiger partial charge in [-0.3, -0.25) is 4.79 Å². The van der Waals surface area contributed by atoms with Gasteiger partial charge in [0, 0.05) is 26.2 Å². The molecule has 28 heavy (non-hydrogen) atoms. The first kappa shape index (κ1) is 22.1. The Morgan fingerprint density at radius 2 is 1.54 bits per heavy atom. The molecule has 0 aliphatic carbocycles. The lowest BCUT2D eigenvalue weighted by atomic mass is 10.0.